The molecule has 0 radical (unpaired) electrons. The number of carboxylic acids is 1. The predicted molar refractivity (Wildman–Crippen MR) is 87.7 cm³/mol. The monoisotopic (exact) mass is 336 g/mol. The maximum absolute atomic E-state index is 11.0. The van der Waals surface area contributed by atoms with Crippen LogP contribution < -0.4 is 0 Å². The fraction of sp³-hybridized carbons (Fsp3) is 0.588. The summed E-state index contributed by atoms with van der Waals surface area (Å²) in [6.45, 7) is 4.63. The molecule has 1 saturated heterocycles. The molecule has 1 fully saturated rings. The molecule has 2 rings (SSSR count). The second-order valence-electron chi connectivity index (χ2n) is 5.96. The normalized spacial score (nSPS) is 24.6. The Morgan fingerprint density at radius 1 is 1.42 bits per heavy atom. The first-order valence-corrected chi connectivity index (χ1v) is 8.10. The highest BCUT2D eigenvalue weighted by Gasteiger charge is 2.40. The Labute approximate surface area is 141 Å². The van der Waals surface area contributed by atoms with Gasteiger partial charge in [-0.2, -0.15) is 0 Å². The Bertz CT molecular complexity index is 553. The number of hydrogen-bond acceptors (Lipinski definition) is 6. The van der Waals surface area contributed by atoms with Gasteiger partial charge in [-0.05, 0) is 38.3 Å². The SMILES string of the molecule is CC(=NOCCCCC1COC(C)(C(=O)O)OC1)c1ccccn1. The van der Waals surface area contributed by atoms with Crippen LogP contribution in [0.5, 0.6) is 0 Å². The lowest BCUT2D eigenvalue weighted by Gasteiger charge is -2.34. The Kier molecular flexibility index (Phi) is 6.69. The molecule has 1 aliphatic rings. The van der Waals surface area contributed by atoms with E-state index in [-0.39, 0.29) is 5.92 Å². The zero-order valence-corrected chi connectivity index (χ0v) is 14.1. The summed E-state index contributed by atoms with van der Waals surface area (Å²) in [4.78, 5) is 20.5. The van der Waals surface area contributed by atoms with E-state index in [4.69, 9.17) is 19.4 Å². The second kappa shape index (κ2) is 8.75. The molecule has 0 bridgehead atoms. The maximum atomic E-state index is 11.0. The third-order valence-electron chi connectivity index (χ3n) is 3.91. The van der Waals surface area contributed by atoms with Gasteiger partial charge in [-0.25, -0.2) is 4.79 Å². The first-order chi connectivity index (χ1) is 11.5. The van der Waals surface area contributed by atoms with Gasteiger partial charge in [0.25, 0.3) is 5.79 Å². The number of aliphatic carboxylic acids is 1. The number of pyridine rings is 1. The maximum Gasteiger partial charge on any atom is 0.364 e. The summed E-state index contributed by atoms with van der Waals surface area (Å²) in [5.41, 5.74) is 1.55. The summed E-state index contributed by atoms with van der Waals surface area (Å²) in [7, 11) is 0. The number of aromatic nitrogens is 1. The first-order valence-electron chi connectivity index (χ1n) is 8.10. The molecule has 24 heavy (non-hydrogen) atoms. The summed E-state index contributed by atoms with van der Waals surface area (Å²) in [6, 6.07) is 5.65. The molecule has 0 aromatic carbocycles. The summed E-state index contributed by atoms with van der Waals surface area (Å²) < 4.78 is 10.6. The zero-order chi connectivity index (χ0) is 17.4. The molecule has 1 aliphatic heterocycles. The molecule has 0 atom stereocenters. The number of rotatable bonds is 8. The van der Waals surface area contributed by atoms with Gasteiger partial charge in [-0.15, -0.1) is 0 Å². The molecular weight excluding hydrogens is 312 g/mol. The number of oxime groups is 1. The number of hydrogen-bond donors (Lipinski definition) is 1. The average molecular weight is 336 g/mol. The van der Waals surface area contributed by atoms with Crippen molar-refractivity contribution in [1.29, 1.82) is 0 Å². The van der Waals surface area contributed by atoms with E-state index in [1.165, 1.54) is 6.92 Å². The van der Waals surface area contributed by atoms with Crippen LogP contribution >= 0.6 is 0 Å². The van der Waals surface area contributed by atoms with Gasteiger partial charge in [-0.1, -0.05) is 11.2 Å². The molecule has 0 saturated carbocycles. The lowest BCUT2D eigenvalue weighted by molar-refractivity contribution is -0.271. The molecule has 1 aromatic rings. The van der Waals surface area contributed by atoms with Crippen LogP contribution in [0.25, 0.3) is 0 Å². The van der Waals surface area contributed by atoms with E-state index in [2.05, 4.69) is 10.1 Å². The van der Waals surface area contributed by atoms with E-state index in [9.17, 15) is 4.79 Å². The average Bonchev–Trinajstić information content (AvgIpc) is 2.60. The highest BCUT2D eigenvalue weighted by molar-refractivity contribution is 5.96. The minimum atomic E-state index is -1.50. The lowest BCUT2D eigenvalue weighted by atomic mass is 10.0. The Hall–Kier alpha value is -1.99. The molecule has 2 heterocycles. The van der Waals surface area contributed by atoms with Crippen LogP contribution in [0.1, 0.15) is 38.8 Å². The van der Waals surface area contributed by atoms with Crippen LogP contribution in [0, 0.1) is 5.92 Å². The molecule has 0 aliphatic carbocycles. The van der Waals surface area contributed by atoms with Gasteiger partial charge < -0.3 is 19.4 Å². The number of carboxylic acid groups (broad SMARTS) is 1. The summed E-state index contributed by atoms with van der Waals surface area (Å²) in [5, 5.41) is 13.1. The summed E-state index contributed by atoms with van der Waals surface area (Å²) in [5.74, 6) is -2.37. The van der Waals surface area contributed by atoms with E-state index >= 15 is 0 Å². The number of unbranched alkanes of at least 4 members (excludes halogenated alkanes) is 1. The molecule has 7 nitrogen and oxygen atoms in total. The van der Waals surface area contributed by atoms with Gasteiger partial charge in [0.1, 0.15) is 12.3 Å². The van der Waals surface area contributed by atoms with Crippen LogP contribution in [0.15, 0.2) is 29.6 Å². The quantitative estimate of drug-likeness (QED) is 0.445. The van der Waals surface area contributed by atoms with Gasteiger partial charge in [-0.3, -0.25) is 4.98 Å². The molecule has 0 spiro atoms. The summed E-state index contributed by atoms with van der Waals surface area (Å²) >= 11 is 0. The largest absolute Gasteiger partial charge is 0.477 e. The van der Waals surface area contributed by atoms with Gasteiger partial charge >= 0.3 is 5.97 Å². The van der Waals surface area contributed by atoms with Crippen molar-refractivity contribution >= 4 is 11.7 Å². The minimum absolute atomic E-state index is 0.219. The van der Waals surface area contributed by atoms with Crippen molar-refractivity contribution in [3.05, 3.63) is 30.1 Å². The molecule has 132 valence electrons. The Morgan fingerprint density at radius 2 is 2.17 bits per heavy atom. The third-order valence-corrected chi connectivity index (χ3v) is 3.91. The molecule has 0 amide bonds. The van der Waals surface area contributed by atoms with E-state index in [1.54, 1.807) is 6.20 Å². The lowest BCUT2D eigenvalue weighted by Crippen LogP contribution is -2.47. The van der Waals surface area contributed by atoms with Crippen molar-refractivity contribution in [1.82, 2.24) is 4.98 Å². The second-order valence-corrected chi connectivity index (χ2v) is 5.96. The van der Waals surface area contributed by atoms with Crippen molar-refractivity contribution in [3.63, 3.8) is 0 Å². The molecule has 1 N–H and O–H groups in total. The topological polar surface area (TPSA) is 90.2 Å². The summed E-state index contributed by atoms with van der Waals surface area (Å²) in [6.07, 6.45) is 4.44. The smallest absolute Gasteiger partial charge is 0.364 e. The van der Waals surface area contributed by atoms with Gasteiger partial charge in [0.2, 0.25) is 0 Å². The third kappa shape index (κ3) is 5.28. The Balaban J connectivity index is 1.59. The van der Waals surface area contributed by atoms with Crippen LogP contribution in [-0.2, 0) is 19.1 Å². The first kappa shape index (κ1) is 18.4. The van der Waals surface area contributed by atoms with Crippen LogP contribution in [0.4, 0.5) is 0 Å². The fourth-order valence-corrected chi connectivity index (χ4v) is 2.30. The highest BCUT2D eigenvalue weighted by atomic mass is 16.7. The molecular formula is C17H24N2O5. The van der Waals surface area contributed by atoms with Crippen molar-refractivity contribution in [3.8, 4) is 0 Å². The van der Waals surface area contributed by atoms with E-state index in [0.717, 1.165) is 30.7 Å². The number of carbonyl (C=O) groups is 1. The minimum Gasteiger partial charge on any atom is -0.477 e. The predicted octanol–water partition coefficient (Wildman–Crippen LogP) is 2.46. The van der Waals surface area contributed by atoms with Crippen LogP contribution in [-0.4, -0.2) is 47.4 Å². The Morgan fingerprint density at radius 3 is 2.79 bits per heavy atom. The highest BCUT2D eigenvalue weighted by Crippen LogP contribution is 2.24. The van der Waals surface area contributed by atoms with Gasteiger partial charge in [0.05, 0.1) is 18.9 Å². The van der Waals surface area contributed by atoms with Gasteiger partial charge in [0.15, 0.2) is 0 Å². The molecule has 7 heteroatoms. The van der Waals surface area contributed by atoms with Crippen molar-refractivity contribution in [2.75, 3.05) is 19.8 Å². The van der Waals surface area contributed by atoms with E-state index in [1.807, 2.05) is 25.1 Å². The number of ether oxygens (including phenoxy) is 2. The van der Waals surface area contributed by atoms with Crippen molar-refractivity contribution in [2.45, 2.75) is 38.9 Å². The van der Waals surface area contributed by atoms with Gasteiger partial charge in [0, 0.05) is 19.0 Å². The van der Waals surface area contributed by atoms with E-state index < -0.39 is 11.8 Å². The van der Waals surface area contributed by atoms with Crippen LogP contribution in [0.2, 0.25) is 0 Å². The van der Waals surface area contributed by atoms with Crippen LogP contribution in [0.3, 0.4) is 0 Å². The number of nitrogens with zero attached hydrogens (tertiary/aromatic N) is 2. The fourth-order valence-electron chi connectivity index (χ4n) is 2.30. The van der Waals surface area contributed by atoms with Crippen molar-refractivity contribution < 1.29 is 24.2 Å². The van der Waals surface area contributed by atoms with E-state index in [0.29, 0.717) is 19.8 Å². The zero-order valence-electron chi connectivity index (χ0n) is 14.1. The standard InChI is InChI=1S/C17H24N2O5/c1-13(15-8-3-5-9-18-15)19-24-10-6-4-7-14-11-22-17(2,16(20)21)23-12-14/h3,5,8-9,14H,4,6-7,10-12H2,1-2H3,(H,20,21). The van der Waals surface area contributed by atoms with Crippen molar-refractivity contribution in [2.24, 2.45) is 11.1 Å². The molecule has 0 unspecified atom stereocenters. The molecule has 1 aromatic heterocycles.